The second kappa shape index (κ2) is 7.61. The molecule has 2 aromatic rings. The standard InChI is InChI=1S/C16H16BrClN2O2/c1-10(12-5-7-19-8-6-12)20-16(21)11(2)22-15-4-3-13(17)9-14(15)18/h3-11H,1-2H3,(H,20,21). The predicted molar refractivity (Wildman–Crippen MR) is 90.0 cm³/mol. The number of halogens is 2. The summed E-state index contributed by atoms with van der Waals surface area (Å²) in [6.07, 6.45) is 2.74. The summed E-state index contributed by atoms with van der Waals surface area (Å²) in [5.41, 5.74) is 0.984. The van der Waals surface area contributed by atoms with Gasteiger partial charge >= 0.3 is 0 Å². The SMILES string of the molecule is CC(Oc1ccc(Br)cc1Cl)C(=O)NC(C)c1ccncc1. The smallest absolute Gasteiger partial charge is 0.261 e. The van der Waals surface area contributed by atoms with E-state index in [4.69, 9.17) is 16.3 Å². The first kappa shape index (κ1) is 16.8. The number of benzene rings is 1. The van der Waals surface area contributed by atoms with Gasteiger partial charge < -0.3 is 10.1 Å². The minimum Gasteiger partial charge on any atom is -0.479 e. The van der Waals surface area contributed by atoms with Gasteiger partial charge in [-0.2, -0.15) is 0 Å². The second-order valence-corrected chi connectivity index (χ2v) is 6.17. The van der Waals surface area contributed by atoms with Crippen LogP contribution >= 0.6 is 27.5 Å². The minimum atomic E-state index is -0.650. The first-order valence-electron chi connectivity index (χ1n) is 6.79. The van der Waals surface area contributed by atoms with Crippen LogP contribution in [0.15, 0.2) is 47.2 Å². The van der Waals surface area contributed by atoms with Crippen molar-refractivity contribution in [3.8, 4) is 5.75 Å². The summed E-state index contributed by atoms with van der Waals surface area (Å²) < 4.78 is 6.48. The van der Waals surface area contributed by atoms with Crippen LogP contribution in [0.5, 0.6) is 5.75 Å². The van der Waals surface area contributed by atoms with Gasteiger partial charge in [-0.15, -0.1) is 0 Å². The van der Waals surface area contributed by atoms with Crippen LogP contribution in [0.3, 0.4) is 0 Å². The molecule has 6 heteroatoms. The molecule has 116 valence electrons. The zero-order chi connectivity index (χ0) is 16.1. The van der Waals surface area contributed by atoms with Gasteiger partial charge in [-0.1, -0.05) is 27.5 Å². The van der Waals surface area contributed by atoms with Gasteiger partial charge in [-0.3, -0.25) is 9.78 Å². The molecule has 4 nitrogen and oxygen atoms in total. The number of hydrogen-bond donors (Lipinski definition) is 1. The number of rotatable bonds is 5. The molecule has 0 bridgehead atoms. The Morgan fingerprint density at radius 2 is 1.95 bits per heavy atom. The largest absolute Gasteiger partial charge is 0.479 e. The van der Waals surface area contributed by atoms with Gasteiger partial charge in [0.25, 0.3) is 5.91 Å². The monoisotopic (exact) mass is 382 g/mol. The Morgan fingerprint density at radius 1 is 1.27 bits per heavy atom. The van der Waals surface area contributed by atoms with Crippen LogP contribution in [0, 0.1) is 0 Å². The highest BCUT2D eigenvalue weighted by molar-refractivity contribution is 9.10. The first-order chi connectivity index (χ1) is 10.5. The van der Waals surface area contributed by atoms with Crippen molar-refractivity contribution in [2.24, 2.45) is 0 Å². The molecule has 1 heterocycles. The van der Waals surface area contributed by atoms with Crippen molar-refractivity contribution in [3.63, 3.8) is 0 Å². The summed E-state index contributed by atoms with van der Waals surface area (Å²) >= 11 is 9.41. The highest BCUT2D eigenvalue weighted by Crippen LogP contribution is 2.28. The third-order valence-corrected chi connectivity index (χ3v) is 3.92. The molecule has 0 aliphatic heterocycles. The molecule has 1 N–H and O–H groups in total. The van der Waals surface area contributed by atoms with Crippen LogP contribution in [-0.4, -0.2) is 17.0 Å². The van der Waals surface area contributed by atoms with Crippen LogP contribution in [0.25, 0.3) is 0 Å². The van der Waals surface area contributed by atoms with Crippen molar-refractivity contribution in [1.82, 2.24) is 10.3 Å². The Kier molecular flexibility index (Phi) is 5.80. The summed E-state index contributed by atoms with van der Waals surface area (Å²) in [4.78, 5) is 16.2. The Hall–Kier alpha value is -1.59. The summed E-state index contributed by atoms with van der Waals surface area (Å²) in [6.45, 7) is 3.60. The van der Waals surface area contributed by atoms with Crippen LogP contribution in [-0.2, 0) is 4.79 Å². The van der Waals surface area contributed by atoms with Crippen molar-refractivity contribution >= 4 is 33.4 Å². The van der Waals surface area contributed by atoms with Gasteiger partial charge in [-0.05, 0) is 49.7 Å². The van der Waals surface area contributed by atoms with E-state index in [9.17, 15) is 4.79 Å². The highest BCUT2D eigenvalue weighted by Gasteiger charge is 2.18. The average molecular weight is 384 g/mol. The number of amides is 1. The molecule has 0 aliphatic rings. The van der Waals surface area contributed by atoms with E-state index >= 15 is 0 Å². The molecule has 1 aromatic heterocycles. The van der Waals surface area contributed by atoms with E-state index in [0.29, 0.717) is 10.8 Å². The molecule has 0 radical (unpaired) electrons. The van der Waals surface area contributed by atoms with Gasteiger partial charge in [-0.25, -0.2) is 0 Å². The Labute approximate surface area is 143 Å². The van der Waals surface area contributed by atoms with E-state index in [0.717, 1.165) is 10.0 Å². The number of carbonyl (C=O) groups excluding carboxylic acids is 1. The summed E-state index contributed by atoms with van der Waals surface area (Å²) in [5, 5.41) is 3.36. The molecule has 0 saturated heterocycles. The molecule has 0 aliphatic carbocycles. The van der Waals surface area contributed by atoms with Gasteiger partial charge in [0, 0.05) is 16.9 Å². The lowest BCUT2D eigenvalue weighted by Gasteiger charge is -2.19. The van der Waals surface area contributed by atoms with Crippen LogP contribution in [0.4, 0.5) is 0 Å². The van der Waals surface area contributed by atoms with Crippen LogP contribution < -0.4 is 10.1 Å². The normalized spacial score (nSPS) is 13.3. The molecule has 22 heavy (non-hydrogen) atoms. The van der Waals surface area contributed by atoms with Crippen molar-refractivity contribution in [3.05, 3.63) is 57.8 Å². The maximum atomic E-state index is 12.2. The van der Waals surface area contributed by atoms with E-state index in [1.54, 1.807) is 31.5 Å². The number of nitrogens with one attached hydrogen (secondary N) is 1. The molecule has 2 rings (SSSR count). The Balaban J connectivity index is 1.97. The number of ether oxygens (including phenoxy) is 1. The molecule has 0 fully saturated rings. The lowest BCUT2D eigenvalue weighted by molar-refractivity contribution is -0.127. The topological polar surface area (TPSA) is 51.2 Å². The van der Waals surface area contributed by atoms with Crippen LogP contribution in [0.2, 0.25) is 5.02 Å². The van der Waals surface area contributed by atoms with E-state index in [-0.39, 0.29) is 11.9 Å². The number of carbonyl (C=O) groups is 1. The van der Waals surface area contributed by atoms with Crippen molar-refractivity contribution in [1.29, 1.82) is 0 Å². The van der Waals surface area contributed by atoms with Gasteiger partial charge in [0.05, 0.1) is 11.1 Å². The van der Waals surface area contributed by atoms with E-state index in [1.165, 1.54) is 0 Å². The van der Waals surface area contributed by atoms with Gasteiger partial charge in [0.2, 0.25) is 0 Å². The third-order valence-electron chi connectivity index (χ3n) is 3.13. The fraction of sp³-hybridized carbons (Fsp3) is 0.250. The lowest BCUT2D eigenvalue weighted by atomic mass is 10.1. The fourth-order valence-electron chi connectivity index (χ4n) is 1.88. The molecule has 2 atom stereocenters. The maximum Gasteiger partial charge on any atom is 0.261 e. The van der Waals surface area contributed by atoms with E-state index < -0.39 is 6.10 Å². The average Bonchev–Trinajstić information content (AvgIpc) is 2.50. The second-order valence-electron chi connectivity index (χ2n) is 4.85. The summed E-state index contributed by atoms with van der Waals surface area (Å²) in [5.74, 6) is 0.271. The number of pyridine rings is 1. The van der Waals surface area contributed by atoms with Crippen LogP contribution in [0.1, 0.15) is 25.5 Å². The zero-order valence-electron chi connectivity index (χ0n) is 12.2. The molecule has 2 unspecified atom stereocenters. The van der Waals surface area contributed by atoms with Crippen molar-refractivity contribution < 1.29 is 9.53 Å². The molecule has 1 amide bonds. The van der Waals surface area contributed by atoms with E-state index in [1.807, 2.05) is 25.1 Å². The minimum absolute atomic E-state index is 0.123. The fourth-order valence-corrected chi connectivity index (χ4v) is 2.60. The molecule has 0 spiro atoms. The number of nitrogens with zero attached hydrogens (tertiary/aromatic N) is 1. The maximum absolute atomic E-state index is 12.2. The van der Waals surface area contributed by atoms with Gasteiger partial charge in [0.1, 0.15) is 5.75 Å². The van der Waals surface area contributed by atoms with Crippen molar-refractivity contribution in [2.45, 2.75) is 26.0 Å². The lowest BCUT2D eigenvalue weighted by Crippen LogP contribution is -2.37. The zero-order valence-corrected chi connectivity index (χ0v) is 14.6. The van der Waals surface area contributed by atoms with Gasteiger partial charge in [0.15, 0.2) is 6.10 Å². The third kappa shape index (κ3) is 4.45. The summed E-state index contributed by atoms with van der Waals surface area (Å²) in [6, 6.07) is 8.86. The number of aromatic nitrogens is 1. The molecular formula is C16H16BrClN2O2. The Bertz CT molecular complexity index is 652. The quantitative estimate of drug-likeness (QED) is 0.844. The number of hydrogen-bond acceptors (Lipinski definition) is 3. The predicted octanol–water partition coefficient (Wildman–Crippen LogP) is 4.14. The first-order valence-corrected chi connectivity index (χ1v) is 7.96. The molecule has 1 aromatic carbocycles. The van der Waals surface area contributed by atoms with Crippen molar-refractivity contribution in [2.75, 3.05) is 0 Å². The highest BCUT2D eigenvalue weighted by atomic mass is 79.9. The Morgan fingerprint density at radius 3 is 2.59 bits per heavy atom. The molecular weight excluding hydrogens is 368 g/mol. The molecule has 0 saturated carbocycles. The summed E-state index contributed by atoms with van der Waals surface area (Å²) in [7, 11) is 0. The van der Waals surface area contributed by atoms with E-state index in [2.05, 4.69) is 26.2 Å².